The quantitative estimate of drug-likeness (QED) is 0.455. The molecule has 0 aliphatic heterocycles. The van der Waals surface area contributed by atoms with Crippen LogP contribution in [0.2, 0.25) is 0 Å². The SMILES string of the molecule is CC(Oc1ccccc1F)C(=O)NNC(=O)[C@H](Cc1ccccc1)NC(=O)c1cccs1. The van der Waals surface area contributed by atoms with Gasteiger partial charge in [-0.05, 0) is 36.1 Å². The van der Waals surface area contributed by atoms with Crippen molar-refractivity contribution in [3.8, 4) is 5.75 Å². The standard InChI is InChI=1S/C23H22FN3O4S/c1-15(31-19-11-6-5-10-17(19)24)21(28)26-27-22(29)18(14-16-8-3-2-4-9-16)25-23(30)20-12-7-13-32-20/h2-13,15,18H,14H2,1H3,(H,25,30)(H,26,28)(H,27,29)/t15?,18-/m0/s1. The van der Waals surface area contributed by atoms with Gasteiger partial charge in [-0.3, -0.25) is 25.2 Å². The van der Waals surface area contributed by atoms with Crippen LogP contribution >= 0.6 is 11.3 Å². The highest BCUT2D eigenvalue weighted by molar-refractivity contribution is 7.12. The fourth-order valence-electron chi connectivity index (χ4n) is 2.79. The van der Waals surface area contributed by atoms with Gasteiger partial charge in [0, 0.05) is 6.42 Å². The monoisotopic (exact) mass is 455 g/mol. The molecule has 0 aliphatic carbocycles. The van der Waals surface area contributed by atoms with Crippen LogP contribution in [0, 0.1) is 5.82 Å². The van der Waals surface area contributed by atoms with E-state index >= 15 is 0 Å². The third-order valence-corrected chi connectivity index (χ3v) is 5.34. The highest BCUT2D eigenvalue weighted by atomic mass is 32.1. The molecule has 9 heteroatoms. The summed E-state index contributed by atoms with van der Waals surface area (Å²) < 4.78 is 19.0. The van der Waals surface area contributed by atoms with Crippen LogP contribution in [-0.2, 0) is 16.0 Å². The molecule has 0 saturated carbocycles. The van der Waals surface area contributed by atoms with E-state index in [1.807, 2.05) is 30.3 Å². The van der Waals surface area contributed by atoms with Crippen molar-refractivity contribution in [3.05, 3.63) is 88.4 Å². The number of para-hydroxylation sites is 1. The number of hydrogen-bond acceptors (Lipinski definition) is 5. The van der Waals surface area contributed by atoms with Crippen LogP contribution in [0.25, 0.3) is 0 Å². The number of amides is 3. The zero-order valence-corrected chi connectivity index (χ0v) is 18.0. The Labute approximate surface area is 188 Å². The van der Waals surface area contributed by atoms with Crippen LogP contribution < -0.4 is 20.9 Å². The van der Waals surface area contributed by atoms with E-state index in [0.717, 1.165) is 5.56 Å². The topological polar surface area (TPSA) is 96.5 Å². The molecular formula is C23H22FN3O4S. The van der Waals surface area contributed by atoms with E-state index in [-0.39, 0.29) is 12.2 Å². The van der Waals surface area contributed by atoms with Gasteiger partial charge < -0.3 is 10.1 Å². The van der Waals surface area contributed by atoms with Crippen molar-refractivity contribution >= 4 is 29.1 Å². The molecule has 166 valence electrons. The number of hydrogen-bond donors (Lipinski definition) is 3. The summed E-state index contributed by atoms with van der Waals surface area (Å²) in [7, 11) is 0. The van der Waals surface area contributed by atoms with Gasteiger partial charge in [-0.15, -0.1) is 11.3 Å². The van der Waals surface area contributed by atoms with Crippen LogP contribution in [-0.4, -0.2) is 29.9 Å². The predicted octanol–water partition coefficient (Wildman–Crippen LogP) is 2.84. The average molecular weight is 456 g/mol. The van der Waals surface area contributed by atoms with E-state index in [2.05, 4.69) is 16.2 Å². The molecule has 3 N–H and O–H groups in total. The van der Waals surface area contributed by atoms with Crippen LogP contribution in [0.15, 0.2) is 72.1 Å². The van der Waals surface area contributed by atoms with Crippen molar-refractivity contribution in [1.29, 1.82) is 0 Å². The minimum Gasteiger partial charge on any atom is -0.478 e. The van der Waals surface area contributed by atoms with Crippen molar-refractivity contribution in [1.82, 2.24) is 16.2 Å². The Bertz CT molecular complexity index is 1060. The van der Waals surface area contributed by atoms with Gasteiger partial charge in [0.05, 0.1) is 4.88 Å². The zero-order valence-electron chi connectivity index (χ0n) is 17.2. The molecule has 1 unspecified atom stereocenters. The lowest BCUT2D eigenvalue weighted by atomic mass is 10.1. The third kappa shape index (κ3) is 6.39. The first-order valence-electron chi connectivity index (χ1n) is 9.83. The highest BCUT2D eigenvalue weighted by Crippen LogP contribution is 2.17. The first-order chi connectivity index (χ1) is 15.4. The van der Waals surface area contributed by atoms with Gasteiger partial charge in [0.25, 0.3) is 17.7 Å². The molecule has 0 fully saturated rings. The second-order valence-corrected chi connectivity index (χ2v) is 7.81. The largest absolute Gasteiger partial charge is 0.478 e. The van der Waals surface area contributed by atoms with Crippen LogP contribution in [0.4, 0.5) is 4.39 Å². The summed E-state index contributed by atoms with van der Waals surface area (Å²) in [5.74, 6) is -2.35. The van der Waals surface area contributed by atoms with Crippen LogP contribution in [0.5, 0.6) is 5.75 Å². The summed E-state index contributed by atoms with van der Waals surface area (Å²) in [6.45, 7) is 1.42. The summed E-state index contributed by atoms with van der Waals surface area (Å²) in [4.78, 5) is 38.0. The molecule has 0 saturated heterocycles. The number of hydrazine groups is 1. The summed E-state index contributed by atoms with van der Waals surface area (Å²) in [5.41, 5.74) is 5.41. The molecule has 3 rings (SSSR count). The maximum atomic E-state index is 13.7. The van der Waals surface area contributed by atoms with Crippen LogP contribution in [0.1, 0.15) is 22.2 Å². The second-order valence-electron chi connectivity index (χ2n) is 6.86. The van der Waals surface area contributed by atoms with Gasteiger partial charge >= 0.3 is 0 Å². The van der Waals surface area contributed by atoms with Crippen molar-refractivity contribution < 1.29 is 23.5 Å². The fraction of sp³-hybridized carbons (Fsp3) is 0.174. The minimum absolute atomic E-state index is 0.0772. The van der Waals surface area contributed by atoms with Crippen LogP contribution in [0.3, 0.4) is 0 Å². The van der Waals surface area contributed by atoms with Crippen molar-refractivity contribution in [3.63, 3.8) is 0 Å². The highest BCUT2D eigenvalue weighted by Gasteiger charge is 2.24. The summed E-state index contributed by atoms with van der Waals surface area (Å²) in [6.07, 6.45) is -0.846. The van der Waals surface area contributed by atoms with Gasteiger partial charge in [-0.1, -0.05) is 48.5 Å². The number of rotatable bonds is 8. The van der Waals surface area contributed by atoms with E-state index in [4.69, 9.17) is 4.74 Å². The maximum absolute atomic E-state index is 13.7. The smallest absolute Gasteiger partial charge is 0.279 e. The Morgan fingerprint density at radius 2 is 1.62 bits per heavy atom. The lowest BCUT2D eigenvalue weighted by Crippen LogP contribution is -2.55. The summed E-state index contributed by atoms with van der Waals surface area (Å²) >= 11 is 1.25. The molecular weight excluding hydrogens is 433 g/mol. The molecule has 7 nitrogen and oxygen atoms in total. The molecule has 2 atom stereocenters. The second kappa shape index (κ2) is 11.1. The van der Waals surface area contributed by atoms with E-state index < -0.39 is 35.7 Å². The van der Waals surface area contributed by atoms with Crippen molar-refractivity contribution in [2.75, 3.05) is 0 Å². The fourth-order valence-corrected chi connectivity index (χ4v) is 3.42. The molecule has 1 heterocycles. The van der Waals surface area contributed by atoms with Gasteiger partial charge in [-0.25, -0.2) is 4.39 Å². The Hall–Kier alpha value is -3.72. The number of carbonyl (C=O) groups excluding carboxylic acids is 3. The van der Waals surface area contributed by atoms with E-state index in [0.29, 0.717) is 4.88 Å². The number of nitrogens with one attached hydrogen (secondary N) is 3. The molecule has 0 aliphatic rings. The lowest BCUT2D eigenvalue weighted by molar-refractivity contribution is -0.133. The normalized spacial score (nSPS) is 12.3. The number of thiophene rings is 1. The Morgan fingerprint density at radius 3 is 2.31 bits per heavy atom. The van der Waals surface area contributed by atoms with Crippen molar-refractivity contribution in [2.45, 2.75) is 25.5 Å². The van der Waals surface area contributed by atoms with Gasteiger partial charge in [0.2, 0.25) is 0 Å². The zero-order chi connectivity index (χ0) is 22.9. The number of benzene rings is 2. The molecule has 2 aromatic carbocycles. The van der Waals surface area contributed by atoms with Crippen molar-refractivity contribution in [2.24, 2.45) is 0 Å². The molecule has 1 aromatic heterocycles. The number of ether oxygens (including phenoxy) is 1. The molecule has 3 amide bonds. The molecule has 0 spiro atoms. The maximum Gasteiger partial charge on any atom is 0.279 e. The number of carbonyl (C=O) groups is 3. The summed E-state index contributed by atoms with van der Waals surface area (Å²) in [6, 6.07) is 17.3. The molecule has 0 radical (unpaired) electrons. The first kappa shape index (κ1) is 23.0. The average Bonchev–Trinajstić information content (AvgIpc) is 3.34. The van der Waals surface area contributed by atoms with E-state index in [9.17, 15) is 18.8 Å². The summed E-state index contributed by atoms with van der Waals surface area (Å²) in [5, 5.41) is 4.46. The molecule has 32 heavy (non-hydrogen) atoms. The Balaban J connectivity index is 1.61. The van der Waals surface area contributed by atoms with Gasteiger partial charge in [-0.2, -0.15) is 0 Å². The lowest BCUT2D eigenvalue weighted by Gasteiger charge is -2.20. The first-order valence-corrected chi connectivity index (χ1v) is 10.7. The molecule has 3 aromatic rings. The predicted molar refractivity (Wildman–Crippen MR) is 118 cm³/mol. The van der Waals surface area contributed by atoms with Gasteiger partial charge in [0.1, 0.15) is 6.04 Å². The number of halogens is 1. The Kier molecular flexibility index (Phi) is 7.93. The minimum atomic E-state index is -1.07. The van der Waals surface area contributed by atoms with E-state index in [1.165, 1.54) is 36.5 Å². The molecule has 0 bridgehead atoms. The third-order valence-electron chi connectivity index (χ3n) is 4.47. The van der Waals surface area contributed by atoms with Gasteiger partial charge in [0.15, 0.2) is 17.7 Å². The Morgan fingerprint density at radius 1 is 0.938 bits per heavy atom. The van der Waals surface area contributed by atoms with E-state index in [1.54, 1.807) is 23.6 Å².